The van der Waals surface area contributed by atoms with Gasteiger partial charge in [-0.1, -0.05) is 12.1 Å². The summed E-state index contributed by atoms with van der Waals surface area (Å²) < 4.78 is 17.7. The second-order valence-corrected chi connectivity index (χ2v) is 8.07. The summed E-state index contributed by atoms with van der Waals surface area (Å²) in [5, 5.41) is 15.0. The Hall–Kier alpha value is -3.76. The maximum Gasteiger partial charge on any atom is 0.157 e. The van der Waals surface area contributed by atoms with Crippen LogP contribution < -0.4 is 14.8 Å². The third-order valence-electron chi connectivity index (χ3n) is 5.96. The number of para-hydroxylation sites is 1. The van der Waals surface area contributed by atoms with Crippen LogP contribution in [0.4, 0.5) is 11.4 Å². The van der Waals surface area contributed by atoms with Crippen molar-refractivity contribution in [2.24, 2.45) is 0 Å². The summed E-state index contributed by atoms with van der Waals surface area (Å²) >= 11 is 0. The lowest BCUT2D eigenvalue weighted by molar-refractivity contribution is 0.115. The highest BCUT2D eigenvalue weighted by Crippen LogP contribution is 2.40. The zero-order valence-corrected chi connectivity index (χ0v) is 18.1. The number of methoxy groups -OCH3 is 1. The number of benzene rings is 2. The van der Waals surface area contributed by atoms with Crippen molar-refractivity contribution in [3.05, 3.63) is 54.4 Å². The Bertz CT molecular complexity index is 1320. The van der Waals surface area contributed by atoms with E-state index in [1.165, 1.54) is 0 Å². The van der Waals surface area contributed by atoms with Crippen molar-refractivity contribution in [1.29, 1.82) is 5.26 Å². The molecule has 4 aromatic rings. The van der Waals surface area contributed by atoms with Gasteiger partial charge in [0, 0.05) is 36.8 Å². The number of fused-ring (bicyclic) bond motifs is 2. The van der Waals surface area contributed by atoms with Gasteiger partial charge in [-0.2, -0.15) is 5.26 Å². The number of ether oxygens (including phenoxy) is 2. The third kappa shape index (κ3) is 3.70. The molecular weight excluding hydrogens is 404 g/mol. The Morgan fingerprint density at radius 1 is 1.22 bits per heavy atom. The lowest BCUT2D eigenvalue weighted by atomic mass is 10.1. The van der Waals surface area contributed by atoms with E-state index in [9.17, 15) is 5.26 Å². The molecule has 1 fully saturated rings. The number of rotatable bonds is 5. The summed E-state index contributed by atoms with van der Waals surface area (Å²) in [6.45, 7) is 1.97. The Morgan fingerprint density at radius 3 is 2.84 bits per heavy atom. The lowest BCUT2D eigenvalue weighted by Crippen LogP contribution is -2.35. The van der Waals surface area contributed by atoms with E-state index >= 15 is 0 Å². The fourth-order valence-electron chi connectivity index (χ4n) is 4.20. The van der Waals surface area contributed by atoms with E-state index in [1.807, 2.05) is 36.4 Å². The van der Waals surface area contributed by atoms with Gasteiger partial charge in [-0.3, -0.25) is 4.98 Å². The van der Waals surface area contributed by atoms with E-state index in [-0.39, 0.29) is 6.10 Å². The van der Waals surface area contributed by atoms with Crippen LogP contribution in [-0.4, -0.2) is 43.2 Å². The smallest absolute Gasteiger partial charge is 0.157 e. The van der Waals surface area contributed by atoms with Crippen molar-refractivity contribution < 1.29 is 13.9 Å². The van der Waals surface area contributed by atoms with E-state index in [2.05, 4.69) is 28.3 Å². The minimum absolute atomic E-state index is 0.0913. The first kappa shape index (κ1) is 20.2. The van der Waals surface area contributed by atoms with Gasteiger partial charge in [0.05, 0.1) is 41.2 Å². The maximum absolute atomic E-state index is 9.85. The molecular formula is C25H24N4O3. The van der Waals surface area contributed by atoms with Crippen LogP contribution in [0.3, 0.4) is 0 Å². The number of nitrogens with one attached hydrogen (secondary N) is 1. The van der Waals surface area contributed by atoms with Crippen molar-refractivity contribution in [3.8, 4) is 17.6 Å². The molecule has 0 bridgehead atoms. The summed E-state index contributed by atoms with van der Waals surface area (Å²) in [7, 11) is 3.75. The molecule has 0 amide bonds. The van der Waals surface area contributed by atoms with Gasteiger partial charge >= 0.3 is 0 Å². The number of pyridine rings is 1. The number of nitriles is 1. The molecule has 162 valence electrons. The van der Waals surface area contributed by atoms with Crippen LogP contribution in [0.2, 0.25) is 0 Å². The van der Waals surface area contributed by atoms with Crippen LogP contribution >= 0.6 is 0 Å². The normalized spacial score (nSPS) is 15.0. The highest BCUT2D eigenvalue weighted by atomic mass is 16.5. The van der Waals surface area contributed by atoms with Gasteiger partial charge in [0.25, 0.3) is 0 Å². The highest BCUT2D eigenvalue weighted by molar-refractivity contribution is 6.03. The number of piperidine rings is 1. The molecule has 0 saturated carbocycles. The number of hydrogen-bond acceptors (Lipinski definition) is 7. The van der Waals surface area contributed by atoms with Gasteiger partial charge in [-0.05, 0) is 32.0 Å². The van der Waals surface area contributed by atoms with Crippen molar-refractivity contribution in [3.63, 3.8) is 0 Å². The predicted octanol–water partition coefficient (Wildman–Crippen LogP) is 5.08. The minimum Gasteiger partial charge on any atom is -0.497 e. The first-order valence-electron chi connectivity index (χ1n) is 10.7. The molecule has 1 N–H and O–H groups in total. The molecule has 1 aliphatic heterocycles. The third-order valence-corrected chi connectivity index (χ3v) is 5.96. The van der Waals surface area contributed by atoms with Gasteiger partial charge in [0.2, 0.25) is 0 Å². The minimum atomic E-state index is 0.0913. The summed E-state index contributed by atoms with van der Waals surface area (Å²) in [5.41, 5.74) is 3.28. The fourth-order valence-corrected chi connectivity index (χ4v) is 4.20. The Morgan fingerprint density at radius 2 is 2.06 bits per heavy atom. The van der Waals surface area contributed by atoms with Crippen LogP contribution in [0.5, 0.6) is 11.5 Å². The van der Waals surface area contributed by atoms with Crippen molar-refractivity contribution in [2.75, 3.05) is 32.6 Å². The monoisotopic (exact) mass is 428 g/mol. The molecule has 2 aromatic carbocycles. The van der Waals surface area contributed by atoms with E-state index in [1.54, 1.807) is 19.6 Å². The first-order valence-corrected chi connectivity index (χ1v) is 10.7. The molecule has 0 spiro atoms. The number of anilines is 2. The van der Waals surface area contributed by atoms with Crippen molar-refractivity contribution in [1.82, 2.24) is 9.88 Å². The fraction of sp³-hybridized carbons (Fsp3) is 0.280. The molecule has 1 saturated heterocycles. The molecule has 32 heavy (non-hydrogen) atoms. The number of aromatic nitrogens is 1. The molecule has 0 aliphatic carbocycles. The van der Waals surface area contributed by atoms with Crippen LogP contribution in [0.15, 0.2) is 53.3 Å². The number of hydrogen-bond donors (Lipinski definition) is 1. The Balaban J connectivity index is 1.65. The SMILES string of the molecule is COc1cc(OC2CCN(C)CC2)c2c(Nc3cccc4ccoc34)c(C#N)cnc2c1. The van der Waals surface area contributed by atoms with E-state index in [0.29, 0.717) is 28.3 Å². The summed E-state index contributed by atoms with van der Waals surface area (Å²) in [5.74, 6) is 1.32. The summed E-state index contributed by atoms with van der Waals surface area (Å²) in [4.78, 5) is 6.83. The Kier molecular flexibility index (Phi) is 5.29. The first-order chi connectivity index (χ1) is 15.7. The molecule has 0 atom stereocenters. The van der Waals surface area contributed by atoms with Gasteiger partial charge in [0.15, 0.2) is 5.58 Å². The molecule has 7 heteroatoms. The van der Waals surface area contributed by atoms with Crippen LogP contribution in [0, 0.1) is 11.3 Å². The van der Waals surface area contributed by atoms with E-state index in [4.69, 9.17) is 13.9 Å². The standard InChI is InChI=1S/C25H24N4O3/c1-29-9-6-18(7-10-29)32-22-13-19(30-2)12-21-23(22)24(17(14-26)15-27-21)28-20-5-3-4-16-8-11-31-25(16)20/h3-5,8,11-13,15,18H,6-7,9-10H2,1-2H3,(H,27,28). The molecule has 0 unspecified atom stereocenters. The molecule has 7 nitrogen and oxygen atoms in total. The van der Waals surface area contributed by atoms with Crippen molar-refractivity contribution in [2.45, 2.75) is 18.9 Å². The maximum atomic E-state index is 9.85. The van der Waals surface area contributed by atoms with Gasteiger partial charge in [0.1, 0.15) is 23.7 Å². The average Bonchev–Trinajstić information content (AvgIpc) is 3.30. The van der Waals surface area contributed by atoms with Crippen LogP contribution in [0.1, 0.15) is 18.4 Å². The van der Waals surface area contributed by atoms with E-state index < -0.39 is 0 Å². The average molecular weight is 428 g/mol. The molecule has 5 rings (SSSR count). The van der Waals surface area contributed by atoms with Crippen molar-refractivity contribution >= 4 is 33.2 Å². The second-order valence-electron chi connectivity index (χ2n) is 8.07. The predicted molar refractivity (Wildman–Crippen MR) is 124 cm³/mol. The number of likely N-dealkylation sites (tertiary alicyclic amines) is 1. The zero-order chi connectivity index (χ0) is 22.1. The summed E-state index contributed by atoms with van der Waals surface area (Å²) in [6.07, 6.45) is 5.20. The van der Waals surface area contributed by atoms with Gasteiger partial charge < -0.3 is 24.1 Å². The molecule has 0 radical (unpaired) electrons. The zero-order valence-electron chi connectivity index (χ0n) is 18.1. The number of nitrogens with zero attached hydrogens (tertiary/aromatic N) is 3. The quantitative estimate of drug-likeness (QED) is 0.475. The molecule has 2 aromatic heterocycles. The van der Waals surface area contributed by atoms with Gasteiger partial charge in [-0.25, -0.2) is 0 Å². The second kappa shape index (κ2) is 8.40. The summed E-state index contributed by atoms with van der Waals surface area (Å²) in [6, 6.07) is 13.8. The Labute approximate surface area is 186 Å². The van der Waals surface area contributed by atoms with E-state index in [0.717, 1.165) is 48.0 Å². The topological polar surface area (TPSA) is 83.5 Å². The largest absolute Gasteiger partial charge is 0.497 e. The molecule has 3 heterocycles. The number of furan rings is 1. The van der Waals surface area contributed by atoms with Gasteiger partial charge in [-0.15, -0.1) is 0 Å². The molecule has 1 aliphatic rings. The van der Waals surface area contributed by atoms with Crippen LogP contribution in [-0.2, 0) is 0 Å². The van der Waals surface area contributed by atoms with Crippen LogP contribution in [0.25, 0.3) is 21.9 Å². The lowest BCUT2D eigenvalue weighted by Gasteiger charge is -2.30. The highest BCUT2D eigenvalue weighted by Gasteiger charge is 2.22.